The van der Waals surface area contributed by atoms with Crippen LogP contribution in [0.15, 0.2) is 91.0 Å². The van der Waals surface area contributed by atoms with Crippen molar-refractivity contribution >= 4 is 12.1 Å². The molecule has 118 valence electrons. The van der Waals surface area contributed by atoms with Gasteiger partial charge in [0.1, 0.15) is 6.29 Å². The number of carbonyl (C=O) groups is 2. The van der Waals surface area contributed by atoms with Crippen LogP contribution in [0.4, 0.5) is 0 Å². The summed E-state index contributed by atoms with van der Waals surface area (Å²) in [4.78, 5) is 25.0. The van der Waals surface area contributed by atoms with Gasteiger partial charge in [-0.1, -0.05) is 91.0 Å². The van der Waals surface area contributed by atoms with Gasteiger partial charge in [-0.15, -0.1) is 0 Å². The van der Waals surface area contributed by atoms with E-state index < -0.39 is 5.41 Å². The minimum Gasteiger partial charge on any atom is -0.302 e. The van der Waals surface area contributed by atoms with Crippen LogP contribution in [0.2, 0.25) is 0 Å². The molecule has 0 fully saturated rings. The summed E-state index contributed by atoms with van der Waals surface area (Å²) >= 11 is 0. The minimum absolute atomic E-state index is 0.0459. The molecule has 24 heavy (non-hydrogen) atoms. The van der Waals surface area contributed by atoms with Crippen molar-refractivity contribution < 1.29 is 9.59 Å². The van der Waals surface area contributed by atoms with E-state index in [0.29, 0.717) is 5.56 Å². The Kier molecular flexibility index (Phi) is 4.66. The molecule has 2 heteroatoms. The second-order valence-electron chi connectivity index (χ2n) is 5.79. The molecule has 2 nitrogen and oxygen atoms in total. The van der Waals surface area contributed by atoms with E-state index in [0.717, 1.165) is 17.4 Å². The first-order valence-corrected chi connectivity index (χ1v) is 7.92. The van der Waals surface area contributed by atoms with Crippen LogP contribution in [0.3, 0.4) is 0 Å². The SMILES string of the molecule is O=CC(CC(=O)c1ccccc1)(c1ccccc1)c1ccccc1. The fourth-order valence-electron chi connectivity index (χ4n) is 3.00. The average molecular weight is 314 g/mol. The monoisotopic (exact) mass is 314 g/mol. The number of Topliss-reactive ketones (excluding diaryl/α,β-unsaturated/α-hetero) is 1. The molecule has 0 saturated carbocycles. The normalized spacial score (nSPS) is 11.0. The number of rotatable bonds is 6. The lowest BCUT2D eigenvalue weighted by Gasteiger charge is -2.29. The molecule has 0 bridgehead atoms. The van der Waals surface area contributed by atoms with Gasteiger partial charge >= 0.3 is 0 Å². The molecule has 3 aromatic rings. The third kappa shape index (κ3) is 3.04. The Bertz CT molecular complexity index is 769. The third-order valence-corrected chi connectivity index (χ3v) is 4.31. The maximum Gasteiger partial charge on any atom is 0.164 e. The maximum atomic E-state index is 12.8. The Morgan fingerprint density at radius 2 is 1.12 bits per heavy atom. The van der Waals surface area contributed by atoms with Gasteiger partial charge in [0.25, 0.3) is 0 Å². The molecular weight excluding hydrogens is 296 g/mol. The Labute approximate surface area is 141 Å². The van der Waals surface area contributed by atoms with Crippen LogP contribution in [-0.2, 0) is 10.2 Å². The van der Waals surface area contributed by atoms with Crippen LogP contribution < -0.4 is 0 Å². The lowest BCUT2D eigenvalue weighted by Crippen LogP contribution is -2.32. The molecule has 0 aromatic heterocycles. The van der Waals surface area contributed by atoms with E-state index in [1.54, 1.807) is 12.1 Å². The first-order chi connectivity index (χ1) is 11.8. The quantitative estimate of drug-likeness (QED) is 0.498. The number of benzene rings is 3. The van der Waals surface area contributed by atoms with Gasteiger partial charge in [-0.25, -0.2) is 0 Å². The van der Waals surface area contributed by atoms with E-state index in [1.807, 2.05) is 78.9 Å². The zero-order valence-electron chi connectivity index (χ0n) is 13.3. The van der Waals surface area contributed by atoms with Crippen molar-refractivity contribution in [2.45, 2.75) is 11.8 Å². The highest BCUT2D eigenvalue weighted by molar-refractivity contribution is 6.00. The van der Waals surface area contributed by atoms with E-state index in [2.05, 4.69) is 0 Å². The van der Waals surface area contributed by atoms with Crippen LogP contribution in [0.5, 0.6) is 0 Å². The summed E-state index contributed by atoms with van der Waals surface area (Å²) in [7, 11) is 0. The number of aldehydes is 1. The topological polar surface area (TPSA) is 34.1 Å². The second-order valence-corrected chi connectivity index (χ2v) is 5.79. The highest BCUT2D eigenvalue weighted by atomic mass is 16.1. The largest absolute Gasteiger partial charge is 0.302 e. The summed E-state index contributed by atoms with van der Waals surface area (Å²) in [6.07, 6.45) is 1.01. The van der Waals surface area contributed by atoms with Crippen molar-refractivity contribution in [1.82, 2.24) is 0 Å². The smallest absolute Gasteiger partial charge is 0.164 e. The Morgan fingerprint density at radius 1 is 0.708 bits per heavy atom. The number of hydrogen-bond acceptors (Lipinski definition) is 2. The molecule has 3 aromatic carbocycles. The fourth-order valence-corrected chi connectivity index (χ4v) is 3.00. The van der Waals surface area contributed by atoms with E-state index in [1.165, 1.54) is 0 Å². The molecule has 0 unspecified atom stereocenters. The lowest BCUT2D eigenvalue weighted by molar-refractivity contribution is -0.111. The van der Waals surface area contributed by atoms with Crippen LogP contribution in [0.25, 0.3) is 0 Å². The van der Waals surface area contributed by atoms with Crippen molar-refractivity contribution in [3.8, 4) is 0 Å². The van der Waals surface area contributed by atoms with E-state index in [4.69, 9.17) is 0 Å². The van der Waals surface area contributed by atoms with Crippen molar-refractivity contribution in [3.63, 3.8) is 0 Å². The maximum absolute atomic E-state index is 12.8. The fraction of sp³-hybridized carbons (Fsp3) is 0.0909. The number of hydrogen-bond donors (Lipinski definition) is 0. The molecule has 0 aliphatic rings. The Balaban J connectivity index is 2.09. The van der Waals surface area contributed by atoms with Gasteiger partial charge in [0.15, 0.2) is 5.78 Å². The lowest BCUT2D eigenvalue weighted by atomic mass is 9.71. The second kappa shape index (κ2) is 7.05. The molecule has 0 radical (unpaired) electrons. The Hall–Kier alpha value is -3.00. The van der Waals surface area contributed by atoms with Gasteiger partial charge in [-0.05, 0) is 11.1 Å². The van der Waals surface area contributed by atoms with Crippen LogP contribution >= 0.6 is 0 Å². The van der Waals surface area contributed by atoms with Gasteiger partial charge in [0.05, 0.1) is 5.41 Å². The molecule has 0 saturated heterocycles. The van der Waals surface area contributed by atoms with Gasteiger partial charge in [0, 0.05) is 12.0 Å². The molecule has 3 rings (SSSR count). The standard InChI is InChI=1S/C22H18O2/c23-17-22(19-12-6-2-7-13-19,20-14-8-3-9-15-20)16-21(24)18-10-4-1-5-11-18/h1-15,17H,16H2. The van der Waals surface area contributed by atoms with Crippen molar-refractivity contribution in [2.75, 3.05) is 0 Å². The summed E-state index contributed by atoms with van der Waals surface area (Å²) in [5, 5.41) is 0. The molecule has 0 spiro atoms. The molecular formula is C22H18O2. The van der Waals surface area contributed by atoms with Crippen molar-refractivity contribution in [3.05, 3.63) is 108 Å². The zero-order chi connectivity index (χ0) is 16.8. The zero-order valence-corrected chi connectivity index (χ0v) is 13.3. The van der Waals surface area contributed by atoms with Crippen LogP contribution in [0.1, 0.15) is 27.9 Å². The van der Waals surface area contributed by atoms with E-state index >= 15 is 0 Å². The summed E-state index contributed by atoms with van der Waals surface area (Å²) in [6.45, 7) is 0. The first kappa shape index (κ1) is 15.9. The van der Waals surface area contributed by atoms with Gasteiger partial charge in [-0.2, -0.15) is 0 Å². The van der Waals surface area contributed by atoms with Crippen LogP contribution in [0, 0.1) is 0 Å². The number of carbonyl (C=O) groups excluding carboxylic acids is 2. The van der Waals surface area contributed by atoms with E-state index in [9.17, 15) is 9.59 Å². The summed E-state index contributed by atoms with van der Waals surface area (Å²) in [5.41, 5.74) is 1.30. The predicted octanol–water partition coefficient (Wildman–Crippen LogP) is 4.44. The summed E-state index contributed by atoms with van der Waals surface area (Å²) < 4.78 is 0. The van der Waals surface area contributed by atoms with Crippen molar-refractivity contribution in [2.24, 2.45) is 0 Å². The Morgan fingerprint density at radius 3 is 1.54 bits per heavy atom. The van der Waals surface area contributed by atoms with Gasteiger partial charge < -0.3 is 4.79 Å². The predicted molar refractivity (Wildman–Crippen MR) is 95.1 cm³/mol. The molecule has 0 aliphatic heterocycles. The van der Waals surface area contributed by atoms with Crippen LogP contribution in [-0.4, -0.2) is 12.1 Å². The third-order valence-electron chi connectivity index (χ3n) is 4.31. The van der Waals surface area contributed by atoms with Gasteiger partial charge in [0.2, 0.25) is 0 Å². The molecule has 0 amide bonds. The average Bonchev–Trinajstić information content (AvgIpc) is 2.68. The summed E-state index contributed by atoms with van der Waals surface area (Å²) in [6, 6.07) is 28.1. The molecule has 0 atom stereocenters. The summed E-state index contributed by atoms with van der Waals surface area (Å²) in [5.74, 6) is -0.0459. The van der Waals surface area contributed by atoms with Gasteiger partial charge in [-0.3, -0.25) is 4.79 Å². The highest BCUT2D eigenvalue weighted by Gasteiger charge is 2.36. The molecule has 0 aliphatic carbocycles. The first-order valence-electron chi connectivity index (χ1n) is 7.92. The molecule has 0 heterocycles. The van der Waals surface area contributed by atoms with E-state index in [-0.39, 0.29) is 12.2 Å². The molecule has 0 N–H and O–H groups in total. The number of ketones is 1. The highest BCUT2D eigenvalue weighted by Crippen LogP contribution is 2.35. The minimum atomic E-state index is -0.977. The van der Waals surface area contributed by atoms with Crippen molar-refractivity contribution in [1.29, 1.82) is 0 Å².